The number of nitrogens with one attached hydrogen (secondary N) is 2. The van der Waals surface area contributed by atoms with Crippen LogP contribution >= 0.6 is 0 Å². The van der Waals surface area contributed by atoms with Crippen molar-refractivity contribution in [1.82, 2.24) is 0 Å². The van der Waals surface area contributed by atoms with Crippen molar-refractivity contribution < 1.29 is 28.7 Å². The molecule has 0 fully saturated rings. The van der Waals surface area contributed by atoms with E-state index in [1.807, 2.05) is 0 Å². The molecule has 0 aliphatic heterocycles. The Hall–Kier alpha value is -3.68. The molecule has 0 bridgehead atoms. The summed E-state index contributed by atoms with van der Waals surface area (Å²) in [7, 11) is 0. The molecule has 0 unspecified atom stereocenters. The Morgan fingerprint density at radius 3 is 1.78 bits per heavy atom. The number of esters is 2. The van der Waals surface area contributed by atoms with Gasteiger partial charge in [-0.05, 0) is 50.2 Å². The summed E-state index contributed by atoms with van der Waals surface area (Å²) in [5.41, 5.74) is 0.626. The Kier molecular flexibility index (Phi) is 8.12. The Labute approximate surface area is 187 Å². The first-order valence-electron chi connectivity index (χ1n) is 10.3. The van der Waals surface area contributed by atoms with Crippen molar-refractivity contribution in [2.75, 3.05) is 23.8 Å². The van der Waals surface area contributed by atoms with Gasteiger partial charge in [-0.3, -0.25) is 9.59 Å². The van der Waals surface area contributed by atoms with Gasteiger partial charge in [0.05, 0.1) is 24.3 Å². The maximum Gasteiger partial charge on any atom is 0.338 e. The normalized spacial score (nSPS) is 10.8. The Morgan fingerprint density at radius 2 is 1.28 bits per heavy atom. The van der Waals surface area contributed by atoms with Gasteiger partial charge in [0.15, 0.2) is 0 Å². The number of amides is 2. The summed E-state index contributed by atoms with van der Waals surface area (Å²) < 4.78 is 10.0. The number of benzene rings is 2. The smallest absolute Gasteiger partial charge is 0.338 e. The van der Waals surface area contributed by atoms with E-state index in [2.05, 4.69) is 10.6 Å². The van der Waals surface area contributed by atoms with Crippen LogP contribution in [0.5, 0.6) is 0 Å². The van der Waals surface area contributed by atoms with Crippen LogP contribution in [0.1, 0.15) is 65.7 Å². The molecule has 32 heavy (non-hydrogen) atoms. The molecule has 2 amide bonds. The zero-order valence-electron chi connectivity index (χ0n) is 18.9. The predicted molar refractivity (Wildman–Crippen MR) is 121 cm³/mol. The molecule has 0 aromatic heterocycles. The highest BCUT2D eigenvalue weighted by Crippen LogP contribution is 2.21. The van der Waals surface area contributed by atoms with Crippen LogP contribution in [-0.2, 0) is 14.3 Å². The molecule has 0 spiro atoms. The van der Waals surface area contributed by atoms with E-state index in [4.69, 9.17) is 9.47 Å². The Morgan fingerprint density at radius 1 is 0.750 bits per heavy atom. The van der Waals surface area contributed by atoms with Crippen LogP contribution in [0.4, 0.5) is 11.4 Å². The molecule has 2 aromatic carbocycles. The van der Waals surface area contributed by atoms with Gasteiger partial charge in [-0.25, -0.2) is 9.59 Å². The standard InChI is InChI=1S/C24H28N2O6/c1-6-31-21(28)16-11-17(22(29)32-7-2)14-19(13-16)25-20(27)15-9-8-10-18(12-15)26-23(30)24(3,4)5/h8-14H,6-7H2,1-5H3,(H,25,27)(H,26,30). The van der Waals surface area contributed by atoms with Gasteiger partial charge in [-0.15, -0.1) is 0 Å². The highest BCUT2D eigenvalue weighted by molar-refractivity contribution is 6.07. The molecule has 0 aliphatic rings. The van der Waals surface area contributed by atoms with Gasteiger partial charge in [0.1, 0.15) is 0 Å². The van der Waals surface area contributed by atoms with Gasteiger partial charge < -0.3 is 20.1 Å². The summed E-state index contributed by atoms with van der Waals surface area (Å²) >= 11 is 0. The van der Waals surface area contributed by atoms with E-state index in [1.165, 1.54) is 18.2 Å². The lowest BCUT2D eigenvalue weighted by molar-refractivity contribution is -0.123. The molecule has 8 heteroatoms. The molecule has 2 N–H and O–H groups in total. The maximum atomic E-state index is 12.8. The van der Waals surface area contributed by atoms with Crippen LogP contribution < -0.4 is 10.6 Å². The average molecular weight is 440 g/mol. The van der Waals surface area contributed by atoms with E-state index in [0.717, 1.165) is 0 Å². The van der Waals surface area contributed by atoms with E-state index in [1.54, 1.807) is 58.9 Å². The second kappa shape index (κ2) is 10.6. The molecule has 0 radical (unpaired) electrons. The number of rotatable bonds is 7. The van der Waals surface area contributed by atoms with Crippen molar-refractivity contribution in [2.24, 2.45) is 5.41 Å². The minimum absolute atomic E-state index is 0.110. The van der Waals surface area contributed by atoms with Gasteiger partial charge in [0.25, 0.3) is 5.91 Å². The second-order valence-electron chi connectivity index (χ2n) is 7.98. The van der Waals surface area contributed by atoms with Gasteiger partial charge in [0, 0.05) is 22.4 Å². The number of ether oxygens (including phenoxy) is 2. The average Bonchev–Trinajstić information content (AvgIpc) is 2.73. The largest absolute Gasteiger partial charge is 0.462 e. The first kappa shape index (κ1) is 24.6. The van der Waals surface area contributed by atoms with Gasteiger partial charge in [0.2, 0.25) is 5.91 Å². The summed E-state index contributed by atoms with van der Waals surface area (Å²) in [4.78, 5) is 49.4. The lowest BCUT2D eigenvalue weighted by Gasteiger charge is -2.18. The molecular weight excluding hydrogens is 412 g/mol. The van der Waals surface area contributed by atoms with Crippen LogP contribution in [0.25, 0.3) is 0 Å². The third kappa shape index (κ3) is 6.66. The Balaban J connectivity index is 2.30. The molecule has 2 rings (SSSR count). The number of carbonyl (C=O) groups excluding carboxylic acids is 4. The maximum absolute atomic E-state index is 12.8. The number of carbonyl (C=O) groups is 4. The van der Waals surface area contributed by atoms with Crippen molar-refractivity contribution >= 4 is 35.1 Å². The molecule has 2 aromatic rings. The van der Waals surface area contributed by atoms with Crippen LogP contribution in [0.2, 0.25) is 0 Å². The Bertz CT molecular complexity index is 987. The lowest BCUT2D eigenvalue weighted by atomic mass is 9.95. The summed E-state index contributed by atoms with van der Waals surface area (Å²) in [6.45, 7) is 9.03. The van der Waals surface area contributed by atoms with Gasteiger partial charge in [-0.2, -0.15) is 0 Å². The highest BCUT2D eigenvalue weighted by atomic mass is 16.5. The molecular formula is C24H28N2O6. The minimum Gasteiger partial charge on any atom is -0.462 e. The van der Waals surface area contributed by atoms with Gasteiger partial charge >= 0.3 is 11.9 Å². The number of anilines is 2. The van der Waals surface area contributed by atoms with Crippen molar-refractivity contribution in [3.05, 3.63) is 59.2 Å². The first-order valence-corrected chi connectivity index (χ1v) is 10.3. The third-order valence-corrected chi connectivity index (χ3v) is 4.28. The fourth-order valence-electron chi connectivity index (χ4n) is 2.62. The van der Waals surface area contributed by atoms with Gasteiger partial charge in [-0.1, -0.05) is 26.8 Å². The summed E-state index contributed by atoms with van der Waals surface area (Å²) in [5, 5.41) is 5.45. The van der Waals surface area contributed by atoms with Crippen LogP contribution in [-0.4, -0.2) is 37.0 Å². The zero-order chi connectivity index (χ0) is 23.9. The van der Waals surface area contributed by atoms with E-state index < -0.39 is 23.3 Å². The topological polar surface area (TPSA) is 111 Å². The molecule has 0 heterocycles. The molecule has 0 saturated heterocycles. The fraction of sp³-hybridized carbons (Fsp3) is 0.333. The van der Waals surface area contributed by atoms with Crippen molar-refractivity contribution in [2.45, 2.75) is 34.6 Å². The number of hydrogen-bond acceptors (Lipinski definition) is 6. The molecule has 8 nitrogen and oxygen atoms in total. The molecule has 0 aliphatic carbocycles. The summed E-state index contributed by atoms with van der Waals surface area (Å²) in [6.07, 6.45) is 0. The second-order valence-corrected chi connectivity index (χ2v) is 7.98. The quantitative estimate of drug-likeness (QED) is 0.622. The van der Waals surface area contributed by atoms with E-state index in [-0.39, 0.29) is 41.5 Å². The molecule has 170 valence electrons. The van der Waals surface area contributed by atoms with Crippen molar-refractivity contribution in [3.63, 3.8) is 0 Å². The first-order chi connectivity index (χ1) is 15.0. The fourth-order valence-corrected chi connectivity index (χ4v) is 2.62. The number of hydrogen-bond donors (Lipinski definition) is 2. The van der Waals surface area contributed by atoms with Crippen LogP contribution in [0.3, 0.4) is 0 Å². The highest BCUT2D eigenvalue weighted by Gasteiger charge is 2.21. The van der Waals surface area contributed by atoms with Crippen molar-refractivity contribution in [1.29, 1.82) is 0 Å². The van der Waals surface area contributed by atoms with Crippen molar-refractivity contribution in [3.8, 4) is 0 Å². The molecule has 0 atom stereocenters. The lowest BCUT2D eigenvalue weighted by Crippen LogP contribution is -2.27. The van der Waals surface area contributed by atoms with E-state index in [0.29, 0.717) is 5.69 Å². The van der Waals surface area contributed by atoms with E-state index >= 15 is 0 Å². The monoisotopic (exact) mass is 440 g/mol. The predicted octanol–water partition coefficient (Wildman–Crippen LogP) is 4.28. The molecule has 0 saturated carbocycles. The van der Waals surface area contributed by atoms with Crippen LogP contribution in [0, 0.1) is 5.41 Å². The third-order valence-electron chi connectivity index (χ3n) is 4.28. The minimum atomic E-state index is -0.624. The SMILES string of the molecule is CCOC(=O)c1cc(NC(=O)c2cccc(NC(=O)C(C)(C)C)c2)cc(C(=O)OCC)c1. The van der Waals surface area contributed by atoms with E-state index in [9.17, 15) is 19.2 Å². The zero-order valence-corrected chi connectivity index (χ0v) is 18.9. The summed E-state index contributed by atoms with van der Waals surface area (Å²) in [6, 6.07) is 10.7. The summed E-state index contributed by atoms with van der Waals surface area (Å²) in [5.74, 6) is -1.91. The van der Waals surface area contributed by atoms with Crippen LogP contribution in [0.15, 0.2) is 42.5 Å².